The van der Waals surface area contributed by atoms with E-state index in [9.17, 15) is 4.39 Å². The molecular weight excluding hydrogens is 241 g/mol. The second-order valence-corrected chi connectivity index (χ2v) is 3.98. The molecule has 2 aromatic heterocycles. The molecule has 0 aliphatic carbocycles. The van der Waals surface area contributed by atoms with Gasteiger partial charge in [0.2, 0.25) is 0 Å². The lowest BCUT2D eigenvalue weighted by molar-refractivity contribution is 0.626. The van der Waals surface area contributed by atoms with Crippen LogP contribution in [0, 0.1) is 23.2 Å². The lowest BCUT2D eigenvalue weighted by Crippen LogP contribution is -1.84. The van der Waals surface area contributed by atoms with Crippen molar-refractivity contribution in [2.75, 3.05) is 0 Å². The number of nitrogens with one attached hydrogen (secondary N) is 1. The molecule has 5 heteroatoms. The number of pyridine rings is 1. The van der Waals surface area contributed by atoms with Gasteiger partial charge in [-0.05, 0) is 12.1 Å². The highest BCUT2D eigenvalue weighted by Crippen LogP contribution is 2.29. The van der Waals surface area contributed by atoms with Crippen molar-refractivity contribution in [1.82, 2.24) is 9.97 Å². The third-order valence-electron chi connectivity index (χ3n) is 2.56. The fourth-order valence-corrected chi connectivity index (χ4v) is 2.01. The number of rotatable bonds is 0. The van der Waals surface area contributed by atoms with E-state index < -0.39 is 5.82 Å². The molecule has 3 nitrogen and oxygen atoms in total. The highest BCUT2D eigenvalue weighted by molar-refractivity contribution is 6.31. The monoisotopic (exact) mass is 244 g/mol. The third kappa shape index (κ3) is 1.37. The van der Waals surface area contributed by atoms with Crippen molar-refractivity contribution in [3.05, 3.63) is 40.8 Å². The molecule has 81 valence electrons. The van der Waals surface area contributed by atoms with Gasteiger partial charge in [-0.2, -0.15) is 5.26 Å². The molecule has 0 atom stereocenters. The number of benzene rings is 1. The minimum atomic E-state index is -0.596. The first-order valence-corrected chi connectivity index (χ1v) is 5.15. The fraction of sp³-hybridized carbons (Fsp3) is 0. The summed E-state index contributed by atoms with van der Waals surface area (Å²) in [5.41, 5.74) is 1.09. The Balaban J connectivity index is 2.62. The molecule has 0 aliphatic heterocycles. The van der Waals surface area contributed by atoms with Gasteiger partial charge in [0.25, 0.3) is 0 Å². The van der Waals surface area contributed by atoms with E-state index in [2.05, 4.69) is 16.0 Å². The molecule has 0 spiro atoms. The molecule has 1 radical (unpaired) electrons. The molecule has 0 unspecified atom stereocenters. The second-order valence-electron chi connectivity index (χ2n) is 3.55. The SMILES string of the molecule is N#Cc1c(F)c[c]c2[nH]c3ncc(Cl)cc3c12. The van der Waals surface area contributed by atoms with Crippen LogP contribution in [0.1, 0.15) is 5.56 Å². The van der Waals surface area contributed by atoms with E-state index in [1.807, 2.05) is 6.07 Å². The number of halogens is 2. The van der Waals surface area contributed by atoms with Crippen molar-refractivity contribution in [3.8, 4) is 6.07 Å². The fourth-order valence-electron chi connectivity index (χ4n) is 1.85. The highest BCUT2D eigenvalue weighted by Gasteiger charge is 2.13. The van der Waals surface area contributed by atoms with Crippen LogP contribution in [-0.4, -0.2) is 9.97 Å². The summed E-state index contributed by atoms with van der Waals surface area (Å²) in [7, 11) is 0. The molecular formula is C12H4ClFN3. The molecule has 1 N–H and O–H groups in total. The van der Waals surface area contributed by atoms with Crippen LogP contribution in [0.3, 0.4) is 0 Å². The number of hydrogen-bond acceptors (Lipinski definition) is 2. The van der Waals surface area contributed by atoms with E-state index in [0.717, 1.165) is 6.07 Å². The van der Waals surface area contributed by atoms with Crippen LogP contribution in [0.2, 0.25) is 5.02 Å². The van der Waals surface area contributed by atoms with Crippen molar-refractivity contribution in [1.29, 1.82) is 5.26 Å². The van der Waals surface area contributed by atoms with Crippen LogP contribution in [-0.2, 0) is 0 Å². The Morgan fingerprint density at radius 1 is 1.53 bits per heavy atom. The normalized spacial score (nSPS) is 10.9. The van der Waals surface area contributed by atoms with Gasteiger partial charge in [0, 0.05) is 23.0 Å². The summed E-state index contributed by atoms with van der Waals surface area (Å²) >= 11 is 5.85. The summed E-state index contributed by atoms with van der Waals surface area (Å²) in [5, 5.41) is 10.5. The lowest BCUT2D eigenvalue weighted by Gasteiger charge is -1.96. The Morgan fingerprint density at radius 2 is 2.35 bits per heavy atom. The van der Waals surface area contributed by atoms with Crippen LogP contribution in [0.15, 0.2) is 18.3 Å². The molecule has 1 aromatic carbocycles. The van der Waals surface area contributed by atoms with Gasteiger partial charge in [-0.15, -0.1) is 0 Å². The largest absolute Gasteiger partial charge is 0.339 e. The topological polar surface area (TPSA) is 52.5 Å². The predicted octanol–water partition coefficient (Wildman–Crippen LogP) is 3.18. The minimum absolute atomic E-state index is 0.0194. The standard InChI is InChI=1S/C12H4ClFN3/c13-6-3-7-11-8(4-15)9(14)1-2-10(11)17-12(7)16-5-6/h1,3,5H,(H,16,17). The van der Waals surface area contributed by atoms with E-state index in [4.69, 9.17) is 16.9 Å². The Bertz CT molecular complexity index is 786. The molecule has 0 fully saturated rings. The zero-order valence-electron chi connectivity index (χ0n) is 8.38. The van der Waals surface area contributed by atoms with Gasteiger partial charge in [-0.25, -0.2) is 9.37 Å². The van der Waals surface area contributed by atoms with Crippen LogP contribution < -0.4 is 0 Å². The van der Waals surface area contributed by atoms with Gasteiger partial charge in [-0.3, -0.25) is 0 Å². The molecule has 0 saturated heterocycles. The summed E-state index contributed by atoms with van der Waals surface area (Å²) in [6, 6.07) is 7.37. The maximum absolute atomic E-state index is 13.5. The number of aromatic nitrogens is 2. The van der Waals surface area contributed by atoms with E-state index >= 15 is 0 Å². The Kier molecular flexibility index (Phi) is 2.03. The van der Waals surface area contributed by atoms with Gasteiger partial charge >= 0.3 is 0 Å². The number of aromatic amines is 1. The zero-order chi connectivity index (χ0) is 12.0. The quantitative estimate of drug-likeness (QED) is 0.660. The lowest BCUT2D eigenvalue weighted by atomic mass is 10.1. The second kappa shape index (κ2) is 3.44. The van der Waals surface area contributed by atoms with Gasteiger partial charge in [0.05, 0.1) is 16.1 Å². The average molecular weight is 245 g/mol. The predicted molar refractivity (Wildman–Crippen MR) is 62.1 cm³/mol. The molecule has 0 saturated carbocycles. The Morgan fingerprint density at radius 3 is 3.12 bits per heavy atom. The highest BCUT2D eigenvalue weighted by atomic mass is 35.5. The van der Waals surface area contributed by atoms with E-state index in [-0.39, 0.29) is 5.56 Å². The number of nitriles is 1. The van der Waals surface area contributed by atoms with Crippen LogP contribution in [0.25, 0.3) is 21.9 Å². The molecule has 17 heavy (non-hydrogen) atoms. The first-order chi connectivity index (χ1) is 8.20. The minimum Gasteiger partial charge on any atom is -0.339 e. The summed E-state index contributed by atoms with van der Waals surface area (Å²) in [6.45, 7) is 0. The summed E-state index contributed by atoms with van der Waals surface area (Å²) in [6.07, 6.45) is 1.49. The maximum atomic E-state index is 13.5. The van der Waals surface area contributed by atoms with E-state index in [1.54, 1.807) is 6.07 Å². The molecule has 0 aliphatic rings. The number of hydrogen-bond donors (Lipinski definition) is 1. The summed E-state index contributed by atoms with van der Waals surface area (Å²) < 4.78 is 13.5. The van der Waals surface area contributed by atoms with Crippen LogP contribution in [0.4, 0.5) is 4.39 Å². The van der Waals surface area contributed by atoms with Crippen LogP contribution in [0.5, 0.6) is 0 Å². The molecule has 3 aromatic rings. The van der Waals surface area contributed by atoms with E-state index in [0.29, 0.717) is 27.0 Å². The van der Waals surface area contributed by atoms with Crippen molar-refractivity contribution < 1.29 is 4.39 Å². The molecule has 3 rings (SSSR count). The first kappa shape index (κ1) is 10.1. The molecule has 0 amide bonds. The summed E-state index contributed by atoms with van der Waals surface area (Å²) in [5.74, 6) is -0.596. The zero-order valence-corrected chi connectivity index (χ0v) is 9.14. The molecule has 2 heterocycles. The van der Waals surface area contributed by atoms with Crippen LogP contribution >= 0.6 is 11.6 Å². The van der Waals surface area contributed by atoms with Gasteiger partial charge in [0.15, 0.2) is 0 Å². The smallest absolute Gasteiger partial charge is 0.142 e. The van der Waals surface area contributed by atoms with Crippen molar-refractivity contribution >= 4 is 33.5 Å². The van der Waals surface area contributed by atoms with Gasteiger partial charge in [-0.1, -0.05) is 11.6 Å². The van der Waals surface area contributed by atoms with Crippen molar-refractivity contribution in [2.24, 2.45) is 0 Å². The first-order valence-electron chi connectivity index (χ1n) is 4.78. The Hall–Kier alpha value is -2.12. The van der Waals surface area contributed by atoms with Gasteiger partial charge < -0.3 is 4.98 Å². The summed E-state index contributed by atoms with van der Waals surface area (Å²) in [4.78, 5) is 7.05. The number of fused-ring (bicyclic) bond motifs is 3. The molecule has 0 bridgehead atoms. The maximum Gasteiger partial charge on any atom is 0.142 e. The van der Waals surface area contributed by atoms with E-state index in [1.165, 1.54) is 6.20 Å². The van der Waals surface area contributed by atoms with Crippen molar-refractivity contribution in [3.63, 3.8) is 0 Å². The Labute approximate surface area is 100 Å². The number of nitrogens with zero attached hydrogens (tertiary/aromatic N) is 2. The average Bonchev–Trinajstić information content (AvgIpc) is 2.67. The van der Waals surface area contributed by atoms with Gasteiger partial charge in [0.1, 0.15) is 17.5 Å². The third-order valence-corrected chi connectivity index (χ3v) is 2.77. The van der Waals surface area contributed by atoms with Crippen molar-refractivity contribution in [2.45, 2.75) is 0 Å². The number of H-pyrrole nitrogens is 1.